The van der Waals surface area contributed by atoms with Crippen molar-refractivity contribution in [2.45, 2.75) is 26.5 Å². The summed E-state index contributed by atoms with van der Waals surface area (Å²) in [6.07, 6.45) is 6.22. The zero-order valence-electron chi connectivity index (χ0n) is 14.1. The van der Waals surface area contributed by atoms with Crippen LogP contribution in [0, 0.1) is 6.92 Å². The maximum atomic E-state index is 12.1. The summed E-state index contributed by atoms with van der Waals surface area (Å²) in [4.78, 5) is 16.1. The molecule has 1 amide bonds. The van der Waals surface area contributed by atoms with Crippen LogP contribution >= 0.6 is 0 Å². The molecule has 3 rings (SSSR count). The number of carbonyl (C=O) groups excluding carboxylic acids is 1. The van der Waals surface area contributed by atoms with Crippen molar-refractivity contribution in [3.63, 3.8) is 0 Å². The highest BCUT2D eigenvalue weighted by atomic mass is 16.5. The number of ether oxygens (including phenoxy) is 1. The molecule has 0 aliphatic rings. The van der Waals surface area contributed by atoms with Crippen LogP contribution in [0.5, 0.6) is 5.75 Å². The molecule has 0 aliphatic carbocycles. The predicted molar refractivity (Wildman–Crippen MR) is 93.4 cm³/mol. The van der Waals surface area contributed by atoms with Crippen LogP contribution in [0.2, 0.25) is 0 Å². The van der Waals surface area contributed by atoms with Gasteiger partial charge < -0.3 is 19.0 Å². The van der Waals surface area contributed by atoms with E-state index in [2.05, 4.69) is 10.3 Å². The fourth-order valence-electron chi connectivity index (χ4n) is 2.41. The van der Waals surface area contributed by atoms with Crippen molar-refractivity contribution in [2.75, 3.05) is 6.54 Å². The molecule has 0 radical (unpaired) electrons. The molecule has 1 N–H and O–H groups in total. The smallest absolute Gasteiger partial charge is 0.286 e. The zero-order chi connectivity index (χ0) is 17.5. The van der Waals surface area contributed by atoms with Gasteiger partial charge in [0.2, 0.25) is 0 Å². The SMILES string of the molecule is Cc1ccccc1OCc1ccc(C(=O)NCCCn2ccnc2)o1. The summed E-state index contributed by atoms with van der Waals surface area (Å²) >= 11 is 0. The van der Waals surface area contributed by atoms with Gasteiger partial charge in [0.15, 0.2) is 5.76 Å². The molecule has 0 aliphatic heterocycles. The number of imidazole rings is 1. The van der Waals surface area contributed by atoms with Gasteiger partial charge in [0, 0.05) is 25.5 Å². The minimum atomic E-state index is -0.215. The van der Waals surface area contributed by atoms with E-state index in [0.29, 0.717) is 24.7 Å². The molecule has 2 heterocycles. The Bertz CT molecular complexity index is 809. The quantitative estimate of drug-likeness (QED) is 0.640. The Labute approximate surface area is 146 Å². The fraction of sp³-hybridized carbons (Fsp3) is 0.263. The maximum Gasteiger partial charge on any atom is 0.286 e. The second-order valence-corrected chi connectivity index (χ2v) is 5.73. The first-order valence-corrected chi connectivity index (χ1v) is 8.23. The molecule has 0 spiro atoms. The number of nitrogens with zero attached hydrogens (tertiary/aromatic N) is 2. The van der Waals surface area contributed by atoms with Crippen LogP contribution < -0.4 is 10.1 Å². The number of benzene rings is 1. The molecule has 3 aromatic rings. The number of amides is 1. The van der Waals surface area contributed by atoms with Crippen LogP contribution in [-0.4, -0.2) is 22.0 Å². The molecular weight excluding hydrogens is 318 g/mol. The molecule has 0 unspecified atom stereocenters. The minimum Gasteiger partial charge on any atom is -0.485 e. The highest BCUT2D eigenvalue weighted by Crippen LogP contribution is 2.18. The molecule has 25 heavy (non-hydrogen) atoms. The Balaban J connectivity index is 1.44. The summed E-state index contributed by atoms with van der Waals surface area (Å²) in [5.41, 5.74) is 1.06. The number of nitrogens with one attached hydrogen (secondary N) is 1. The zero-order valence-corrected chi connectivity index (χ0v) is 14.1. The number of para-hydroxylation sites is 1. The predicted octanol–water partition coefficient (Wildman–Crippen LogP) is 3.18. The van der Waals surface area contributed by atoms with E-state index in [4.69, 9.17) is 9.15 Å². The summed E-state index contributed by atoms with van der Waals surface area (Å²) in [5, 5.41) is 2.85. The van der Waals surface area contributed by atoms with Gasteiger partial charge in [-0.1, -0.05) is 18.2 Å². The van der Waals surface area contributed by atoms with Gasteiger partial charge in [0.25, 0.3) is 5.91 Å². The van der Waals surface area contributed by atoms with Crippen LogP contribution in [-0.2, 0) is 13.2 Å². The van der Waals surface area contributed by atoms with E-state index in [0.717, 1.165) is 24.3 Å². The second kappa shape index (κ2) is 8.19. The molecule has 0 atom stereocenters. The molecule has 130 valence electrons. The third-order valence-corrected chi connectivity index (χ3v) is 3.79. The first-order chi connectivity index (χ1) is 12.2. The number of rotatable bonds is 8. The lowest BCUT2D eigenvalue weighted by Gasteiger charge is -2.07. The molecular formula is C19H21N3O3. The number of aryl methyl sites for hydroxylation is 2. The Kier molecular flexibility index (Phi) is 5.51. The van der Waals surface area contributed by atoms with E-state index in [1.807, 2.05) is 42.0 Å². The monoisotopic (exact) mass is 339 g/mol. The van der Waals surface area contributed by atoms with Crippen molar-refractivity contribution in [2.24, 2.45) is 0 Å². The van der Waals surface area contributed by atoms with Crippen molar-refractivity contribution in [3.05, 3.63) is 72.2 Å². The number of aromatic nitrogens is 2. The molecule has 6 nitrogen and oxygen atoms in total. The molecule has 0 saturated carbocycles. The number of hydrogen-bond donors (Lipinski definition) is 1. The molecule has 2 aromatic heterocycles. The Morgan fingerprint density at radius 2 is 2.16 bits per heavy atom. The average Bonchev–Trinajstić information content (AvgIpc) is 3.30. The minimum absolute atomic E-state index is 0.215. The maximum absolute atomic E-state index is 12.1. The topological polar surface area (TPSA) is 69.3 Å². The third kappa shape index (κ3) is 4.73. The van der Waals surface area contributed by atoms with E-state index >= 15 is 0 Å². The second-order valence-electron chi connectivity index (χ2n) is 5.73. The molecule has 0 fully saturated rings. The summed E-state index contributed by atoms with van der Waals surface area (Å²) in [5.74, 6) is 1.51. The highest BCUT2D eigenvalue weighted by Gasteiger charge is 2.11. The van der Waals surface area contributed by atoms with Crippen LogP contribution in [0.1, 0.15) is 28.3 Å². The Morgan fingerprint density at radius 1 is 1.28 bits per heavy atom. The lowest BCUT2D eigenvalue weighted by molar-refractivity contribution is 0.0921. The van der Waals surface area contributed by atoms with Crippen LogP contribution in [0.25, 0.3) is 0 Å². The van der Waals surface area contributed by atoms with E-state index < -0.39 is 0 Å². The lowest BCUT2D eigenvalue weighted by Crippen LogP contribution is -2.24. The van der Waals surface area contributed by atoms with E-state index in [-0.39, 0.29) is 5.91 Å². The van der Waals surface area contributed by atoms with Crippen molar-refractivity contribution < 1.29 is 13.9 Å². The summed E-state index contributed by atoms with van der Waals surface area (Å²) in [6, 6.07) is 11.2. The van der Waals surface area contributed by atoms with Gasteiger partial charge in [-0.25, -0.2) is 4.98 Å². The fourth-order valence-corrected chi connectivity index (χ4v) is 2.41. The van der Waals surface area contributed by atoms with Crippen molar-refractivity contribution in [1.82, 2.24) is 14.9 Å². The Morgan fingerprint density at radius 3 is 2.96 bits per heavy atom. The van der Waals surface area contributed by atoms with Crippen molar-refractivity contribution in [1.29, 1.82) is 0 Å². The van der Waals surface area contributed by atoms with Gasteiger partial charge in [-0.15, -0.1) is 0 Å². The van der Waals surface area contributed by atoms with E-state index in [1.165, 1.54) is 0 Å². The normalized spacial score (nSPS) is 10.6. The van der Waals surface area contributed by atoms with Crippen LogP contribution in [0.3, 0.4) is 0 Å². The third-order valence-electron chi connectivity index (χ3n) is 3.79. The number of hydrogen-bond acceptors (Lipinski definition) is 4. The van der Waals surface area contributed by atoms with E-state index in [1.54, 1.807) is 24.7 Å². The van der Waals surface area contributed by atoms with Crippen LogP contribution in [0.4, 0.5) is 0 Å². The number of furan rings is 1. The van der Waals surface area contributed by atoms with Crippen molar-refractivity contribution >= 4 is 5.91 Å². The van der Waals surface area contributed by atoms with Crippen molar-refractivity contribution in [3.8, 4) is 5.75 Å². The molecule has 0 bridgehead atoms. The largest absolute Gasteiger partial charge is 0.485 e. The first kappa shape index (κ1) is 16.8. The summed E-state index contributed by atoms with van der Waals surface area (Å²) < 4.78 is 13.3. The number of carbonyl (C=O) groups is 1. The molecule has 1 aromatic carbocycles. The van der Waals surface area contributed by atoms with Crippen LogP contribution in [0.15, 0.2) is 59.5 Å². The lowest BCUT2D eigenvalue weighted by atomic mass is 10.2. The van der Waals surface area contributed by atoms with Gasteiger partial charge in [-0.3, -0.25) is 4.79 Å². The van der Waals surface area contributed by atoms with Gasteiger partial charge >= 0.3 is 0 Å². The van der Waals surface area contributed by atoms with Gasteiger partial charge in [-0.2, -0.15) is 0 Å². The van der Waals surface area contributed by atoms with Gasteiger partial charge in [0.05, 0.1) is 6.33 Å². The first-order valence-electron chi connectivity index (χ1n) is 8.23. The highest BCUT2D eigenvalue weighted by molar-refractivity contribution is 5.91. The van der Waals surface area contributed by atoms with Gasteiger partial charge in [0.1, 0.15) is 18.1 Å². The molecule has 6 heteroatoms. The average molecular weight is 339 g/mol. The van der Waals surface area contributed by atoms with Gasteiger partial charge in [-0.05, 0) is 37.1 Å². The standard InChI is InChI=1S/C19H21N3O3/c1-15-5-2-3-6-17(15)24-13-16-7-8-18(25-16)19(23)21-9-4-11-22-12-10-20-14-22/h2-3,5-8,10,12,14H,4,9,11,13H2,1H3,(H,21,23). The molecule has 0 saturated heterocycles. The Hall–Kier alpha value is -3.02. The van der Waals surface area contributed by atoms with E-state index in [9.17, 15) is 4.79 Å². The summed E-state index contributed by atoms with van der Waals surface area (Å²) in [7, 11) is 0. The summed E-state index contributed by atoms with van der Waals surface area (Å²) in [6.45, 7) is 3.67.